The van der Waals surface area contributed by atoms with Crippen LogP contribution in [0.15, 0.2) is 30.3 Å². The van der Waals surface area contributed by atoms with Gasteiger partial charge in [0, 0.05) is 0 Å². The third-order valence-corrected chi connectivity index (χ3v) is 2.90. The third kappa shape index (κ3) is 5.90. The maximum atomic E-state index is 11.8. The summed E-state index contributed by atoms with van der Waals surface area (Å²) in [6, 6.07) is 7.11. The molecule has 0 aromatic heterocycles. The predicted molar refractivity (Wildman–Crippen MR) is 77.5 cm³/mol. The Balaban J connectivity index is 2.70. The normalized spacial score (nSPS) is 13.1. The molecule has 5 N–H and O–H groups in total. The number of aliphatic carboxylic acids is 1. The van der Waals surface area contributed by atoms with E-state index in [1.165, 1.54) is 7.11 Å². The summed E-state index contributed by atoms with van der Waals surface area (Å²) in [6.07, 6.45) is -0.106. The van der Waals surface area contributed by atoms with Crippen LogP contribution in [0.4, 0.5) is 0 Å². The van der Waals surface area contributed by atoms with Crippen LogP contribution in [0.5, 0.6) is 0 Å². The van der Waals surface area contributed by atoms with Crippen molar-refractivity contribution in [3.63, 3.8) is 0 Å². The highest BCUT2D eigenvalue weighted by Gasteiger charge is 2.24. The van der Waals surface area contributed by atoms with E-state index in [2.05, 4.69) is 15.6 Å². The van der Waals surface area contributed by atoms with Gasteiger partial charge in [-0.05, 0) is 12.0 Å². The average Bonchev–Trinajstić information content (AvgIpc) is 2.49. The standard InChI is InChI=1S/C14H19N3O5/c1-22-14(21)11(7-9-5-3-2-4-6-9)17-16-10(13(19)20)8-12(15)18/h2-6,10-11,16-17H,7-8H2,1H3,(H2,15,18)(H,19,20)/t10-,11-/m0/s1. The van der Waals surface area contributed by atoms with E-state index < -0.39 is 36.4 Å². The minimum Gasteiger partial charge on any atom is -0.480 e. The van der Waals surface area contributed by atoms with Crippen molar-refractivity contribution in [2.45, 2.75) is 24.9 Å². The monoisotopic (exact) mass is 309 g/mol. The van der Waals surface area contributed by atoms with Crippen LogP contribution in [0.2, 0.25) is 0 Å². The van der Waals surface area contributed by atoms with Crippen molar-refractivity contribution in [3.05, 3.63) is 35.9 Å². The van der Waals surface area contributed by atoms with Crippen molar-refractivity contribution in [3.8, 4) is 0 Å². The zero-order valence-electron chi connectivity index (χ0n) is 12.1. The lowest BCUT2D eigenvalue weighted by molar-refractivity contribution is -0.145. The van der Waals surface area contributed by atoms with Crippen molar-refractivity contribution in [2.24, 2.45) is 5.73 Å². The molecule has 8 heteroatoms. The Bertz CT molecular complexity index is 520. The average molecular weight is 309 g/mol. The van der Waals surface area contributed by atoms with Crippen molar-refractivity contribution in [2.75, 3.05) is 7.11 Å². The lowest BCUT2D eigenvalue weighted by atomic mass is 10.1. The first-order chi connectivity index (χ1) is 10.4. The summed E-state index contributed by atoms with van der Waals surface area (Å²) in [5.41, 5.74) is 10.9. The van der Waals surface area contributed by atoms with Crippen LogP contribution in [0.25, 0.3) is 0 Å². The first-order valence-corrected chi connectivity index (χ1v) is 6.58. The van der Waals surface area contributed by atoms with E-state index in [0.29, 0.717) is 6.42 Å². The number of hydrazine groups is 1. The molecule has 1 aromatic rings. The van der Waals surface area contributed by atoms with E-state index in [9.17, 15) is 14.4 Å². The van der Waals surface area contributed by atoms with Gasteiger partial charge in [0.15, 0.2) is 0 Å². The molecule has 0 spiro atoms. The predicted octanol–water partition coefficient (Wildman–Crippen LogP) is -0.806. The molecule has 120 valence electrons. The van der Waals surface area contributed by atoms with Crippen LogP contribution in [-0.4, -0.2) is 42.1 Å². The van der Waals surface area contributed by atoms with Crippen LogP contribution in [0.3, 0.4) is 0 Å². The molecule has 1 amide bonds. The molecule has 0 saturated heterocycles. The summed E-state index contributed by atoms with van der Waals surface area (Å²) in [5, 5.41) is 8.99. The maximum absolute atomic E-state index is 11.8. The SMILES string of the molecule is COC(=O)[C@H](Cc1ccccc1)NN[C@@H](CC(N)=O)C(=O)O. The van der Waals surface area contributed by atoms with Gasteiger partial charge >= 0.3 is 11.9 Å². The number of carboxylic acids is 1. The molecule has 0 saturated carbocycles. The molecule has 22 heavy (non-hydrogen) atoms. The van der Waals surface area contributed by atoms with E-state index in [1.54, 1.807) is 0 Å². The molecular formula is C14H19N3O5. The van der Waals surface area contributed by atoms with Gasteiger partial charge in [0.1, 0.15) is 12.1 Å². The van der Waals surface area contributed by atoms with Crippen molar-refractivity contribution >= 4 is 17.8 Å². The molecule has 0 radical (unpaired) electrons. The highest BCUT2D eigenvalue weighted by molar-refractivity contribution is 5.83. The van der Waals surface area contributed by atoms with E-state index in [1.807, 2.05) is 30.3 Å². The fourth-order valence-corrected chi connectivity index (χ4v) is 1.79. The molecule has 0 heterocycles. The number of rotatable bonds is 9. The Hall–Kier alpha value is -2.45. The van der Waals surface area contributed by atoms with Gasteiger partial charge < -0.3 is 15.6 Å². The lowest BCUT2D eigenvalue weighted by Crippen LogP contribution is -2.54. The molecule has 0 unspecified atom stereocenters. The van der Waals surface area contributed by atoms with Gasteiger partial charge in [0.05, 0.1) is 13.5 Å². The Morgan fingerprint density at radius 2 is 1.77 bits per heavy atom. The molecule has 1 rings (SSSR count). The molecule has 0 aliphatic carbocycles. The van der Waals surface area contributed by atoms with Gasteiger partial charge in [0.25, 0.3) is 0 Å². The van der Waals surface area contributed by atoms with Gasteiger partial charge in [-0.1, -0.05) is 30.3 Å². The summed E-state index contributed by atoms with van der Waals surface area (Å²) in [7, 11) is 1.24. The van der Waals surface area contributed by atoms with E-state index in [4.69, 9.17) is 10.8 Å². The van der Waals surface area contributed by atoms with Gasteiger partial charge in [-0.3, -0.25) is 14.4 Å². The Kier molecular flexibility index (Phi) is 7.00. The number of hydrogen-bond acceptors (Lipinski definition) is 6. The number of amides is 1. The number of esters is 1. The number of carbonyl (C=O) groups is 3. The number of benzene rings is 1. The number of methoxy groups -OCH3 is 1. The Morgan fingerprint density at radius 3 is 2.27 bits per heavy atom. The summed E-state index contributed by atoms with van der Waals surface area (Å²) < 4.78 is 4.68. The largest absolute Gasteiger partial charge is 0.480 e. The summed E-state index contributed by atoms with van der Waals surface area (Å²) in [4.78, 5) is 33.6. The topological polar surface area (TPSA) is 131 Å². The van der Waals surface area contributed by atoms with Crippen LogP contribution in [0, 0.1) is 0 Å². The van der Waals surface area contributed by atoms with E-state index in [-0.39, 0.29) is 0 Å². The van der Waals surface area contributed by atoms with Crippen LogP contribution in [-0.2, 0) is 25.5 Å². The second-order valence-electron chi connectivity index (χ2n) is 4.62. The van der Waals surface area contributed by atoms with Crippen LogP contribution >= 0.6 is 0 Å². The smallest absolute Gasteiger partial charge is 0.324 e. The fourth-order valence-electron chi connectivity index (χ4n) is 1.79. The maximum Gasteiger partial charge on any atom is 0.324 e. The van der Waals surface area contributed by atoms with Crippen molar-refractivity contribution in [1.82, 2.24) is 10.9 Å². The molecule has 1 aromatic carbocycles. The highest BCUT2D eigenvalue weighted by atomic mass is 16.5. The van der Waals surface area contributed by atoms with Gasteiger partial charge in [0.2, 0.25) is 5.91 Å². The second-order valence-corrected chi connectivity index (χ2v) is 4.62. The van der Waals surface area contributed by atoms with Crippen molar-refractivity contribution < 1.29 is 24.2 Å². The van der Waals surface area contributed by atoms with Gasteiger partial charge in [-0.2, -0.15) is 0 Å². The number of carboxylic acid groups (broad SMARTS) is 1. The number of hydrogen-bond donors (Lipinski definition) is 4. The molecular weight excluding hydrogens is 290 g/mol. The second kappa shape index (κ2) is 8.75. The Labute approximate surface area is 127 Å². The van der Waals surface area contributed by atoms with E-state index >= 15 is 0 Å². The third-order valence-electron chi connectivity index (χ3n) is 2.90. The molecule has 0 fully saturated rings. The van der Waals surface area contributed by atoms with Crippen LogP contribution < -0.4 is 16.6 Å². The van der Waals surface area contributed by atoms with Crippen molar-refractivity contribution in [1.29, 1.82) is 0 Å². The number of carbonyl (C=O) groups excluding carboxylic acids is 2. The minimum atomic E-state index is -1.25. The summed E-state index contributed by atoms with van der Waals surface area (Å²) in [6.45, 7) is 0. The molecule has 0 bridgehead atoms. The Morgan fingerprint density at radius 1 is 1.18 bits per heavy atom. The van der Waals surface area contributed by atoms with Crippen LogP contribution in [0.1, 0.15) is 12.0 Å². The van der Waals surface area contributed by atoms with Gasteiger partial charge in [-0.15, -0.1) is 0 Å². The van der Waals surface area contributed by atoms with E-state index in [0.717, 1.165) is 5.56 Å². The molecule has 0 aliphatic heterocycles. The molecule has 8 nitrogen and oxygen atoms in total. The van der Waals surface area contributed by atoms with Gasteiger partial charge in [-0.25, -0.2) is 10.9 Å². The fraction of sp³-hybridized carbons (Fsp3) is 0.357. The minimum absolute atomic E-state index is 0.295. The number of nitrogens with two attached hydrogens (primary N) is 1. The zero-order chi connectivity index (χ0) is 16.5. The summed E-state index contributed by atoms with van der Waals surface area (Å²) >= 11 is 0. The summed E-state index contributed by atoms with van der Waals surface area (Å²) in [5.74, 6) is -2.58. The zero-order valence-corrected chi connectivity index (χ0v) is 12.1. The first-order valence-electron chi connectivity index (χ1n) is 6.58. The molecule has 2 atom stereocenters. The number of ether oxygens (including phenoxy) is 1. The quantitative estimate of drug-likeness (QED) is 0.347. The number of nitrogens with one attached hydrogen (secondary N) is 2. The first kappa shape index (κ1) is 17.6. The number of primary amides is 1. The lowest BCUT2D eigenvalue weighted by Gasteiger charge is -2.20. The molecule has 0 aliphatic rings. The highest BCUT2D eigenvalue weighted by Crippen LogP contribution is 2.04.